The minimum Gasteiger partial charge on any atom is -0.354 e. The predicted molar refractivity (Wildman–Crippen MR) is 104 cm³/mol. The first-order valence-electron chi connectivity index (χ1n) is 9.17. The number of halogens is 2. The Labute approximate surface area is 168 Å². The molecule has 1 saturated heterocycles. The maximum atomic E-state index is 12.9. The summed E-state index contributed by atoms with van der Waals surface area (Å²) in [4.78, 5) is 38.4. The van der Waals surface area contributed by atoms with E-state index in [1.54, 1.807) is 25.1 Å². The number of amides is 4. The van der Waals surface area contributed by atoms with E-state index in [-0.39, 0.29) is 12.5 Å². The Hall–Kier alpha value is -1.79. The summed E-state index contributed by atoms with van der Waals surface area (Å²) in [5, 5.41) is 6.17. The van der Waals surface area contributed by atoms with Gasteiger partial charge in [-0.25, -0.2) is 4.79 Å². The van der Waals surface area contributed by atoms with Crippen LogP contribution in [0, 0.1) is 5.92 Å². The van der Waals surface area contributed by atoms with Crippen molar-refractivity contribution in [3.8, 4) is 0 Å². The van der Waals surface area contributed by atoms with E-state index in [2.05, 4.69) is 10.6 Å². The van der Waals surface area contributed by atoms with Crippen LogP contribution in [0.5, 0.6) is 0 Å². The van der Waals surface area contributed by atoms with Gasteiger partial charge in [0.15, 0.2) is 0 Å². The number of hydrogen-bond donors (Lipinski definition) is 2. The normalized spacial score (nSPS) is 23.4. The molecule has 2 aliphatic rings. The lowest BCUT2D eigenvalue weighted by Crippen LogP contribution is -2.44. The SMILES string of the molecule is CC1(c2ccc(Cl)c(Cl)c2)NC(=O)N(CC(=O)NCC2CCCCC2)C1=O. The summed E-state index contributed by atoms with van der Waals surface area (Å²) < 4.78 is 0. The van der Waals surface area contributed by atoms with E-state index < -0.39 is 17.5 Å². The molecule has 1 aliphatic heterocycles. The third-order valence-electron chi connectivity index (χ3n) is 5.39. The first-order chi connectivity index (χ1) is 12.8. The summed E-state index contributed by atoms with van der Waals surface area (Å²) in [7, 11) is 0. The van der Waals surface area contributed by atoms with Gasteiger partial charge in [0.2, 0.25) is 5.91 Å². The molecule has 4 amide bonds. The molecular formula is C19H23Cl2N3O3. The van der Waals surface area contributed by atoms with Crippen molar-refractivity contribution < 1.29 is 14.4 Å². The van der Waals surface area contributed by atoms with Crippen LogP contribution in [0.25, 0.3) is 0 Å². The molecule has 0 aromatic heterocycles. The molecule has 1 heterocycles. The van der Waals surface area contributed by atoms with E-state index in [0.29, 0.717) is 28.1 Å². The van der Waals surface area contributed by atoms with Gasteiger partial charge in [-0.2, -0.15) is 0 Å². The van der Waals surface area contributed by atoms with Gasteiger partial charge in [0.25, 0.3) is 5.91 Å². The monoisotopic (exact) mass is 411 g/mol. The predicted octanol–water partition coefficient (Wildman–Crippen LogP) is 3.46. The van der Waals surface area contributed by atoms with Gasteiger partial charge in [0, 0.05) is 6.54 Å². The Morgan fingerprint density at radius 2 is 1.93 bits per heavy atom. The number of benzene rings is 1. The number of carbonyl (C=O) groups is 3. The summed E-state index contributed by atoms with van der Waals surface area (Å²) in [6, 6.07) is 4.17. The third-order valence-corrected chi connectivity index (χ3v) is 6.13. The van der Waals surface area contributed by atoms with Gasteiger partial charge in [-0.1, -0.05) is 48.5 Å². The van der Waals surface area contributed by atoms with E-state index in [9.17, 15) is 14.4 Å². The Morgan fingerprint density at radius 3 is 2.59 bits per heavy atom. The first-order valence-corrected chi connectivity index (χ1v) is 9.93. The molecule has 0 bridgehead atoms. The topological polar surface area (TPSA) is 78.5 Å². The van der Waals surface area contributed by atoms with Crippen LogP contribution in [0.2, 0.25) is 10.0 Å². The Kier molecular flexibility index (Phi) is 5.96. The molecule has 27 heavy (non-hydrogen) atoms. The van der Waals surface area contributed by atoms with Crippen molar-refractivity contribution in [1.29, 1.82) is 0 Å². The van der Waals surface area contributed by atoms with Crippen LogP contribution in [-0.4, -0.2) is 35.8 Å². The van der Waals surface area contributed by atoms with E-state index in [0.717, 1.165) is 17.7 Å². The van der Waals surface area contributed by atoms with Crippen LogP contribution < -0.4 is 10.6 Å². The van der Waals surface area contributed by atoms with Gasteiger partial charge in [-0.05, 0) is 43.4 Å². The second-order valence-corrected chi connectivity index (χ2v) is 8.20. The Morgan fingerprint density at radius 1 is 1.22 bits per heavy atom. The minimum atomic E-state index is -1.28. The molecule has 0 spiro atoms. The van der Waals surface area contributed by atoms with Crippen molar-refractivity contribution in [2.45, 2.75) is 44.6 Å². The number of carbonyl (C=O) groups excluding carboxylic acids is 3. The van der Waals surface area contributed by atoms with E-state index >= 15 is 0 Å². The lowest BCUT2D eigenvalue weighted by atomic mass is 9.89. The van der Waals surface area contributed by atoms with Crippen LogP contribution in [0.15, 0.2) is 18.2 Å². The van der Waals surface area contributed by atoms with E-state index in [1.807, 2.05) is 0 Å². The lowest BCUT2D eigenvalue weighted by Gasteiger charge is -2.23. The summed E-state index contributed by atoms with van der Waals surface area (Å²) >= 11 is 12.0. The quantitative estimate of drug-likeness (QED) is 0.728. The number of imide groups is 1. The maximum absolute atomic E-state index is 12.9. The molecule has 1 aliphatic carbocycles. The molecule has 1 aromatic carbocycles. The van der Waals surface area contributed by atoms with Gasteiger partial charge in [0.1, 0.15) is 12.1 Å². The van der Waals surface area contributed by atoms with Crippen molar-refractivity contribution in [3.05, 3.63) is 33.8 Å². The zero-order valence-corrected chi connectivity index (χ0v) is 16.7. The van der Waals surface area contributed by atoms with Crippen molar-refractivity contribution in [2.24, 2.45) is 5.92 Å². The molecule has 1 aromatic rings. The van der Waals surface area contributed by atoms with E-state index in [1.165, 1.54) is 19.3 Å². The van der Waals surface area contributed by atoms with Crippen LogP contribution >= 0.6 is 23.2 Å². The molecule has 1 atom stereocenters. The second kappa shape index (κ2) is 8.07. The van der Waals surface area contributed by atoms with Crippen molar-refractivity contribution >= 4 is 41.0 Å². The number of nitrogens with one attached hydrogen (secondary N) is 2. The maximum Gasteiger partial charge on any atom is 0.325 e. The largest absolute Gasteiger partial charge is 0.354 e. The van der Waals surface area contributed by atoms with Gasteiger partial charge >= 0.3 is 6.03 Å². The summed E-state index contributed by atoms with van der Waals surface area (Å²) in [6.45, 7) is 1.88. The average molecular weight is 412 g/mol. The number of rotatable bonds is 5. The molecule has 3 rings (SSSR count). The van der Waals surface area contributed by atoms with Gasteiger partial charge in [0.05, 0.1) is 10.0 Å². The second-order valence-electron chi connectivity index (χ2n) is 7.38. The van der Waals surface area contributed by atoms with Gasteiger partial charge in [-0.15, -0.1) is 0 Å². The molecule has 1 saturated carbocycles. The lowest BCUT2D eigenvalue weighted by molar-refractivity contribution is -0.134. The van der Waals surface area contributed by atoms with Gasteiger partial charge < -0.3 is 10.6 Å². The summed E-state index contributed by atoms with van der Waals surface area (Å²) in [5.74, 6) is -0.339. The first kappa shape index (κ1) is 20.0. The third kappa shape index (κ3) is 4.22. The number of urea groups is 1. The number of nitrogens with zero attached hydrogens (tertiary/aromatic N) is 1. The van der Waals surface area contributed by atoms with Crippen LogP contribution in [0.4, 0.5) is 4.79 Å². The van der Waals surface area contributed by atoms with Crippen LogP contribution in [-0.2, 0) is 15.1 Å². The van der Waals surface area contributed by atoms with Gasteiger partial charge in [-0.3, -0.25) is 14.5 Å². The fourth-order valence-electron chi connectivity index (χ4n) is 3.69. The molecule has 0 radical (unpaired) electrons. The van der Waals surface area contributed by atoms with Crippen molar-refractivity contribution in [1.82, 2.24) is 15.5 Å². The molecule has 146 valence electrons. The number of hydrogen-bond acceptors (Lipinski definition) is 3. The highest BCUT2D eigenvalue weighted by Crippen LogP contribution is 2.33. The smallest absolute Gasteiger partial charge is 0.325 e. The molecule has 8 heteroatoms. The van der Waals surface area contributed by atoms with Crippen molar-refractivity contribution in [2.75, 3.05) is 13.1 Å². The van der Waals surface area contributed by atoms with Crippen LogP contribution in [0.1, 0.15) is 44.6 Å². The molecule has 2 N–H and O–H groups in total. The molecule has 6 nitrogen and oxygen atoms in total. The zero-order chi connectivity index (χ0) is 19.6. The van der Waals surface area contributed by atoms with E-state index in [4.69, 9.17) is 23.2 Å². The fraction of sp³-hybridized carbons (Fsp3) is 0.526. The Balaban J connectivity index is 1.64. The zero-order valence-electron chi connectivity index (χ0n) is 15.2. The molecule has 2 fully saturated rings. The molecular weight excluding hydrogens is 389 g/mol. The highest BCUT2D eigenvalue weighted by molar-refractivity contribution is 6.42. The molecule has 1 unspecified atom stereocenters. The highest BCUT2D eigenvalue weighted by Gasteiger charge is 2.49. The van der Waals surface area contributed by atoms with Crippen molar-refractivity contribution in [3.63, 3.8) is 0 Å². The standard InChI is InChI=1S/C19H23Cl2N3O3/c1-19(13-7-8-14(20)15(21)9-13)17(26)24(18(27)23-19)11-16(25)22-10-12-5-3-2-4-6-12/h7-9,12H,2-6,10-11H2,1H3,(H,22,25)(H,23,27). The summed E-state index contributed by atoms with van der Waals surface area (Å²) in [6.07, 6.45) is 5.85. The van der Waals surface area contributed by atoms with Crippen LogP contribution in [0.3, 0.4) is 0 Å². The fourth-order valence-corrected chi connectivity index (χ4v) is 3.99. The minimum absolute atomic E-state index is 0.293. The highest BCUT2D eigenvalue weighted by atomic mass is 35.5. The summed E-state index contributed by atoms with van der Waals surface area (Å²) in [5.41, 5.74) is -0.769. The Bertz CT molecular complexity index is 765. The average Bonchev–Trinajstić information content (AvgIpc) is 2.87.